The van der Waals surface area contributed by atoms with Gasteiger partial charge >= 0.3 is 5.97 Å². The summed E-state index contributed by atoms with van der Waals surface area (Å²) in [6.45, 7) is 4.36. The Labute approximate surface area is 252 Å². The molecule has 3 rings (SSSR count). The van der Waals surface area contributed by atoms with Crippen LogP contribution in [0, 0.1) is 5.92 Å². The zero-order valence-corrected chi connectivity index (χ0v) is 24.1. The molecule has 2 aromatic carbocycles. The number of benzene rings is 2. The van der Waals surface area contributed by atoms with Gasteiger partial charge in [-0.1, -0.05) is 36.4 Å². The molecule has 1 saturated heterocycles. The Morgan fingerprint density at radius 2 is 1.50 bits per heavy atom. The van der Waals surface area contributed by atoms with Gasteiger partial charge < -0.3 is 14.5 Å². The quantitative estimate of drug-likeness (QED) is 0.297. The number of hydrogen-bond donors (Lipinski definition) is 0. The predicted molar refractivity (Wildman–Crippen MR) is 134 cm³/mol. The molecule has 10 heteroatoms. The number of hydrogen-bond acceptors (Lipinski definition) is 7. The first-order chi connectivity index (χ1) is 16.6. The molecule has 1 unspecified atom stereocenters. The molecule has 1 aliphatic rings. The molecule has 36 heavy (non-hydrogen) atoms. The van der Waals surface area contributed by atoms with Gasteiger partial charge in [0.25, 0.3) is 0 Å². The molecule has 1 fully saturated rings. The third-order valence-corrected chi connectivity index (χ3v) is 4.98. The molecule has 0 aromatic heterocycles. The molecular formula is C26H28KN2O7. The largest absolute Gasteiger partial charge is 0.465 e. The third kappa shape index (κ3) is 9.18. The van der Waals surface area contributed by atoms with E-state index in [4.69, 9.17) is 4.74 Å². The van der Waals surface area contributed by atoms with E-state index in [1.165, 1.54) is 23.6 Å². The second-order valence-corrected chi connectivity index (χ2v) is 7.77. The number of carbonyl (C=O) groups excluding carboxylic acids is 6. The molecule has 1 heterocycles. The van der Waals surface area contributed by atoms with Crippen molar-refractivity contribution in [2.24, 2.45) is 5.92 Å². The van der Waals surface area contributed by atoms with Crippen LogP contribution in [0.3, 0.4) is 0 Å². The number of rotatable bonds is 8. The smallest absolute Gasteiger partial charge is 0.326 e. The van der Waals surface area contributed by atoms with Crippen LogP contribution < -0.4 is 9.80 Å². The topological polar surface area (TPSA) is 118 Å². The monoisotopic (exact) mass is 519 g/mol. The Morgan fingerprint density at radius 3 is 1.97 bits per heavy atom. The van der Waals surface area contributed by atoms with Crippen LogP contribution >= 0.6 is 0 Å². The van der Waals surface area contributed by atoms with Crippen molar-refractivity contribution < 1.29 is 33.5 Å². The Bertz CT molecular complexity index is 1090. The van der Waals surface area contributed by atoms with E-state index in [-0.39, 0.29) is 94.9 Å². The van der Waals surface area contributed by atoms with Gasteiger partial charge in [-0.3, -0.25) is 28.8 Å². The van der Waals surface area contributed by atoms with Gasteiger partial charge in [0, 0.05) is 62.8 Å². The minimum Gasteiger partial charge on any atom is -0.465 e. The maximum atomic E-state index is 12.0. The van der Waals surface area contributed by atoms with E-state index in [9.17, 15) is 28.8 Å². The minimum atomic E-state index is -1.10. The van der Waals surface area contributed by atoms with E-state index < -0.39 is 23.7 Å². The van der Waals surface area contributed by atoms with Gasteiger partial charge in [-0.25, -0.2) is 0 Å². The molecule has 9 nitrogen and oxygen atoms in total. The second kappa shape index (κ2) is 15.6. The van der Waals surface area contributed by atoms with Gasteiger partial charge in [-0.15, -0.1) is 0 Å². The number of para-hydroxylation sites is 2. The van der Waals surface area contributed by atoms with Crippen LogP contribution in [0.15, 0.2) is 60.7 Å². The van der Waals surface area contributed by atoms with Crippen molar-refractivity contribution in [1.82, 2.24) is 0 Å². The molecule has 1 atom stereocenters. The molecule has 185 valence electrons. The summed E-state index contributed by atoms with van der Waals surface area (Å²) in [5, 5.41) is 0. The molecule has 0 bridgehead atoms. The zero-order chi connectivity index (χ0) is 26.0. The molecule has 0 spiro atoms. The van der Waals surface area contributed by atoms with Crippen LogP contribution in [0.1, 0.15) is 27.2 Å². The van der Waals surface area contributed by atoms with Crippen molar-refractivity contribution in [3.05, 3.63) is 60.7 Å². The SMILES string of the molecule is CC(=O)C1C(=O)CN(c2ccccc2)C1=O.CCOC(=O)CN(C(=O)CC(C)=O)c1ccccc1.[K]. The van der Waals surface area contributed by atoms with E-state index in [1.807, 2.05) is 12.1 Å². The fraction of sp³-hybridized carbons (Fsp3) is 0.308. The summed E-state index contributed by atoms with van der Waals surface area (Å²) in [6.07, 6.45) is -0.228. The molecule has 2 amide bonds. The standard InChI is InChI=1S/C14H17NO4.C12H11NO3.K/c1-3-19-14(18)10-15(13(17)9-11(2)16)12-7-5-4-6-8-12;1-8(14)11-10(15)7-13(12(11)16)9-5-3-2-4-6-9;/h4-8H,3,9-10H2,1-2H3;2-6,11H,7H2,1H3;. The first kappa shape index (κ1) is 31.5. The number of carbonyl (C=O) groups is 6. The number of amides is 2. The number of esters is 1. The van der Waals surface area contributed by atoms with E-state index in [0.29, 0.717) is 11.4 Å². The van der Waals surface area contributed by atoms with Crippen LogP contribution in [-0.4, -0.2) is 106 Å². The number of ketones is 3. The van der Waals surface area contributed by atoms with Crippen molar-refractivity contribution >= 4 is 97.9 Å². The summed E-state index contributed by atoms with van der Waals surface area (Å²) in [5.74, 6) is -3.36. The minimum absolute atomic E-state index is 0. The summed E-state index contributed by atoms with van der Waals surface area (Å²) in [6, 6.07) is 17.6. The average Bonchev–Trinajstić information content (AvgIpc) is 3.12. The predicted octanol–water partition coefficient (Wildman–Crippen LogP) is 1.99. The van der Waals surface area contributed by atoms with E-state index in [2.05, 4.69) is 0 Å². The van der Waals surface area contributed by atoms with Gasteiger partial charge in [-0.2, -0.15) is 0 Å². The molecule has 0 saturated carbocycles. The summed E-state index contributed by atoms with van der Waals surface area (Å²) in [4.78, 5) is 71.7. The summed E-state index contributed by atoms with van der Waals surface area (Å²) < 4.78 is 4.83. The summed E-state index contributed by atoms with van der Waals surface area (Å²) >= 11 is 0. The van der Waals surface area contributed by atoms with Crippen LogP contribution in [0.5, 0.6) is 0 Å². The molecule has 1 aliphatic heterocycles. The molecular weight excluding hydrogens is 491 g/mol. The van der Waals surface area contributed by atoms with Crippen molar-refractivity contribution in [1.29, 1.82) is 0 Å². The van der Waals surface area contributed by atoms with Crippen LogP contribution in [0.25, 0.3) is 0 Å². The Hall–Kier alpha value is -2.50. The third-order valence-electron chi connectivity index (χ3n) is 4.98. The fourth-order valence-electron chi connectivity index (χ4n) is 3.42. The molecule has 0 aliphatic carbocycles. The summed E-state index contributed by atoms with van der Waals surface area (Å²) in [7, 11) is 0. The molecule has 1 radical (unpaired) electrons. The normalized spacial score (nSPS) is 14.2. The Balaban J connectivity index is 0.000000354. The van der Waals surface area contributed by atoms with Crippen LogP contribution in [0.4, 0.5) is 11.4 Å². The van der Waals surface area contributed by atoms with Crippen LogP contribution in [0.2, 0.25) is 0 Å². The maximum Gasteiger partial charge on any atom is 0.326 e. The van der Waals surface area contributed by atoms with Crippen molar-refractivity contribution in [3.8, 4) is 0 Å². The summed E-state index contributed by atoms with van der Waals surface area (Å²) in [5.41, 5.74) is 1.23. The fourth-order valence-corrected chi connectivity index (χ4v) is 3.42. The van der Waals surface area contributed by atoms with Crippen LogP contribution in [-0.2, 0) is 33.5 Å². The van der Waals surface area contributed by atoms with E-state index in [1.54, 1.807) is 55.5 Å². The van der Waals surface area contributed by atoms with E-state index in [0.717, 1.165) is 0 Å². The Morgan fingerprint density at radius 1 is 0.944 bits per heavy atom. The number of ether oxygens (including phenoxy) is 1. The van der Waals surface area contributed by atoms with Gasteiger partial charge in [0.2, 0.25) is 11.8 Å². The average molecular weight is 520 g/mol. The maximum absolute atomic E-state index is 12.0. The molecule has 2 aromatic rings. The van der Waals surface area contributed by atoms with E-state index >= 15 is 0 Å². The Kier molecular flexibility index (Phi) is 13.6. The van der Waals surface area contributed by atoms with Gasteiger partial charge in [-0.05, 0) is 45.0 Å². The molecule has 0 N–H and O–H groups in total. The van der Waals surface area contributed by atoms with Gasteiger partial charge in [0.1, 0.15) is 18.1 Å². The van der Waals surface area contributed by atoms with Gasteiger partial charge in [0.15, 0.2) is 11.7 Å². The van der Waals surface area contributed by atoms with Crippen molar-refractivity contribution in [2.45, 2.75) is 27.2 Å². The number of Topliss-reactive ketones (excluding diaryl/α,β-unsaturated/α-hetero) is 3. The first-order valence-electron chi connectivity index (χ1n) is 11.1. The van der Waals surface area contributed by atoms with Crippen molar-refractivity contribution in [3.63, 3.8) is 0 Å². The number of anilines is 2. The van der Waals surface area contributed by atoms with Crippen molar-refractivity contribution in [2.75, 3.05) is 29.5 Å². The first-order valence-corrected chi connectivity index (χ1v) is 11.1. The van der Waals surface area contributed by atoms with Gasteiger partial charge in [0.05, 0.1) is 19.6 Å². The second-order valence-electron chi connectivity index (χ2n) is 7.77. The zero-order valence-electron chi connectivity index (χ0n) is 20.9. The number of nitrogens with zero attached hydrogens (tertiary/aromatic N) is 2.